The van der Waals surface area contributed by atoms with Crippen molar-refractivity contribution in [2.24, 2.45) is 10.9 Å². The van der Waals surface area contributed by atoms with E-state index in [0.717, 1.165) is 32.2 Å². The molecule has 2 amide bonds. The van der Waals surface area contributed by atoms with E-state index in [9.17, 15) is 9.59 Å². The molecule has 1 saturated heterocycles. The van der Waals surface area contributed by atoms with Crippen molar-refractivity contribution in [3.8, 4) is 0 Å². The fourth-order valence-electron chi connectivity index (χ4n) is 2.86. The summed E-state index contributed by atoms with van der Waals surface area (Å²) in [5, 5.41) is 2.90. The second kappa shape index (κ2) is 7.78. The summed E-state index contributed by atoms with van der Waals surface area (Å²) < 4.78 is 0. The van der Waals surface area contributed by atoms with Crippen molar-refractivity contribution in [2.75, 3.05) is 27.2 Å². The third kappa shape index (κ3) is 4.10. The van der Waals surface area contributed by atoms with Crippen LogP contribution in [0.1, 0.15) is 32.1 Å². The Hall–Kier alpha value is -1.34. The van der Waals surface area contributed by atoms with Gasteiger partial charge in [0.25, 0.3) is 0 Å². The summed E-state index contributed by atoms with van der Waals surface area (Å²) in [6.07, 6.45) is 6.78. The Morgan fingerprint density at radius 1 is 1.32 bits per heavy atom. The van der Waals surface area contributed by atoms with E-state index in [4.69, 9.17) is 12.2 Å². The lowest BCUT2D eigenvalue weighted by Gasteiger charge is -2.38. The van der Waals surface area contributed by atoms with E-state index in [1.165, 1.54) is 12.6 Å². The van der Waals surface area contributed by atoms with E-state index in [-0.39, 0.29) is 23.0 Å². The van der Waals surface area contributed by atoms with E-state index in [1.54, 1.807) is 4.90 Å². The maximum Gasteiger partial charge on any atom is 0.247 e. The van der Waals surface area contributed by atoms with Crippen LogP contribution in [0.2, 0.25) is 0 Å². The van der Waals surface area contributed by atoms with Gasteiger partial charge in [0.05, 0.1) is 6.54 Å². The Bertz CT molecular complexity index is 472. The van der Waals surface area contributed by atoms with Gasteiger partial charge in [0, 0.05) is 18.8 Å². The van der Waals surface area contributed by atoms with Crippen LogP contribution in [-0.2, 0) is 9.59 Å². The molecule has 0 radical (unpaired) electrons. The first-order chi connectivity index (χ1) is 10.5. The molecule has 1 atom stereocenters. The molecule has 0 spiro atoms. The minimum atomic E-state index is -0.851. The van der Waals surface area contributed by atoms with Crippen molar-refractivity contribution in [1.82, 2.24) is 15.1 Å². The van der Waals surface area contributed by atoms with Gasteiger partial charge in [0.2, 0.25) is 11.8 Å². The van der Waals surface area contributed by atoms with Crippen molar-refractivity contribution in [2.45, 2.75) is 38.1 Å². The molecule has 1 aliphatic heterocycles. The number of amides is 2. The number of carbonyl (C=O) groups is 2. The Labute approximate surface area is 136 Å². The first-order valence-corrected chi connectivity index (χ1v) is 8.24. The van der Waals surface area contributed by atoms with Crippen molar-refractivity contribution in [3.63, 3.8) is 0 Å². The summed E-state index contributed by atoms with van der Waals surface area (Å²) >= 11 is 5.21. The fraction of sp³-hybridized carbons (Fsp3) is 0.733. The molecule has 0 aromatic rings. The number of rotatable bonds is 5. The Kier molecular flexibility index (Phi) is 6.02. The average molecular weight is 324 g/mol. The highest BCUT2D eigenvalue weighted by Crippen LogP contribution is 2.25. The molecular formula is C15H24N4O2S. The molecular weight excluding hydrogens is 300 g/mol. The monoisotopic (exact) mass is 324 g/mol. The molecule has 0 aromatic carbocycles. The molecule has 1 N–H and O–H groups in total. The first-order valence-electron chi connectivity index (χ1n) is 7.83. The molecule has 22 heavy (non-hydrogen) atoms. The quantitative estimate of drug-likeness (QED) is 0.462. The predicted molar refractivity (Wildman–Crippen MR) is 89.9 cm³/mol. The molecule has 1 heterocycles. The highest BCUT2D eigenvalue weighted by Gasteiger charge is 2.40. The summed E-state index contributed by atoms with van der Waals surface area (Å²) in [6.45, 7) is 1.35. The van der Waals surface area contributed by atoms with Crippen LogP contribution in [0.3, 0.4) is 0 Å². The zero-order valence-corrected chi connectivity index (χ0v) is 14.1. The van der Waals surface area contributed by atoms with Gasteiger partial charge in [-0.2, -0.15) is 0 Å². The minimum absolute atomic E-state index is 0.118. The Morgan fingerprint density at radius 3 is 2.64 bits per heavy atom. The van der Waals surface area contributed by atoms with Gasteiger partial charge in [-0.25, -0.2) is 0 Å². The number of nitrogens with one attached hydrogen (secondary N) is 1. The van der Waals surface area contributed by atoms with Crippen LogP contribution in [0.15, 0.2) is 4.99 Å². The van der Waals surface area contributed by atoms with Gasteiger partial charge < -0.3 is 10.2 Å². The first kappa shape index (κ1) is 17.0. The van der Waals surface area contributed by atoms with Crippen LogP contribution in [0.4, 0.5) is 0 Å². The second-order valence-electron chi connectivity index (χ2n) is 6.13. The van der Waals surface area contributed by atoms with Crippen molar-refractivity contribution >= 4 is 35.4 Å². The highest BCUT2D eigenvalue weighted by atomic mass is 32.1. The SMILES string of the molecule is CN(C)CCN=CC1C(=O)NC(=S)N(C2CCCCC2)C1=O. The summed E-state index contributed by atoms with van der Waals surface area (Å²) in [7, 11) is 3.91. The highest BCUT2D eigenvalue weighted by molar-refractivity contribution is 7.80. The van der Waals surface area contributed by atoms with Gasteiger partial charge in [-0.05, 0) is 39.2 Å². The second-order valence-corrected chi connectivity index (χ2v) is 6.52. The van der Waals surface area contributed by atoms with E-state index in [0.29, 0.717) is 6.54 Å². The molecule has 2 aliphatic rings. The number of thiocarbonyl (C=S) groups is 1. The van der Waals surface area contributed by atoms with E-state index in [2.05, 4.69) is 10.3 Å². The summed E-state index contributed by atoms with van der Waals surface area (Å²) in [5.74, 6) is -1.44. The lowest BCUT2D eigenvalue weighted by Crippen LogP contribution is -2.61. The van der Waals surface area contributed by atoms with E-state index >= 15 is 0 Å². The standard InChI is InChI=1S/C15H24N4O2S/c1-18(2)9-8-16-10-12-13(20)17-15(22)19(14(12)21)11-6-4-3-5-7-11/h10-12H,3-9H2,1-2H3,(H,17,20,22). The molecule has 122 valence electrons. The van der Waals surface area contributed by atoms with Crippen molar-refractivity contribution in [3.05, 3.63) is 0 Å². The molecule has 0 aromatic heterocycles. The summed E-state index contributed by atoms with van der Waals surface area (Å²) in [4.78, 5) is 32.5. The molecule has 2 rings (SSSR count). The molecule has 1 aliphatic carbocycles. The van der Waals surface area contributed by atoms with Crippen LogP contribution in [0, 0.1) is 5.92 Å². The normalized spacial score (nSPS) is 24.4. The van der Waals surface area contributed by atoms with Crippen molar-refractivity contribution in [1.29, 1.82) is 0 Å². The number of aliphatic imine (C=N–C) groups is 1. The molecule has 7 heteroatoms. The van der Waals surface area contributed by atoms with Crippen molar-refractivity contribution < 1.29 is 9.59 Å². The summed E-state index contributed by atoms with van der Waals surface area (Å²) in [6, 6.07) is 0.118. The van der Waals surface area contributed by atoms with E-state index in [1.807, 2.05) is 19.0 Å². The average Bonchev–Trinajstić information content (AvgIpc) is 2.46. The molecule has 1 saturated carbocycles. The Morgan fingerprint density at radius 2 is 2.00 bits per heavy atom. The predicted octanol–water partition coefficient (Wildman–Crippen LogP) is 0.811. The lowest BCUT2D eigenvalue weighted by atomic mass is 9.92. The Balaban J connectivity index is 2.04. The van der Waals surface area contributed by atoms with Gasteiger partial charge in [0.1, 0.15) is 0 Å². The van der Waals surface area contributed by atoms with Crippen LogP contribution in [-0.4, -0.2) is 66.2 Å². The summed E-state index contributed by atoms with van der Waals surface area (Å²) in [5.41, 5.74) is 0. The van der Waals surface area contributed by atoms with Crippen LogP contribution in [0.5, 0.6) is 0 Å². The minimum Gasteiger partial charge on any atom is -0.308 e. The smallest absolute Gasteiger partial charge is 0.247 e. The number of hydrogen-bond donors (Lipinski definition) is 1. The van der Waals surface area contributed by atoms with Crippen LogP contribution >= 0.6 is 12.2 Å². The molecule has 0 bridgehead atoms. The van der Waals surface area contributed by atoms with Crippen LogP contribution < -0.4 is 5.32 Å². The zero-order chi connectivity index (χ0) is 16.1. The zero-order valence-electron chi connectivity index (χ0n) is 13.2. The molecule has 1 unspecified atom stereocenters. The van der Waals surface area contributed by atoms with Gasteiger partial charge in [-0.15, -0.1) is 0 Å². The van der Waals surface area contributed by atoms with Gasteiger partial charge >= 0.3 is 0 Å². The third-order valence-electron chi connectivity index (χ3n) is 4.11. The maximum absolute atomic E-state index is 12.6. The number of likely N-dealkylation sites (N-methyl/N-ethyl adjacent to an activating group) is 1. The number of nitrogens with zero attached hydrogens (tertiary/aromatic N) is 3. The topological polar surface area (TPSA) is 65.0 Å². The van der Waals surface area contributed by atoms with Gasteiger partial charge in [-0.1, -0.05) is 19.3 Å². The number of hydrogen-bond acceptors (Lipinski definition) is 5. The fourth-order valence-corrected chi connectivity index (χ4v) is 3.20. The molecule has 6 nitrogen and oxygen atoms in total. The molecule has 2 fully saturated rings. The van der Waals surface area contributed by atoms with Crippen LogP contribution in [0.25, 0.3) is 0 Å². The lowest BCUT2D eigenvalue weighted by molar-refractivity contribution is -0.139. The largest absolute Gasteiger partial charge is 0.308 e. The van der Waals surface area contributed by atoms with E-state index < -0.39 is 5.92 Å². The number of carbonyl (C=O) groups excluding carboxylic acids is 2. The van der Waals surface area contributed by atoms with Gasteiger partial charge in [-0.3, -0.25) is 19.5 Å². The third-order valence-corrected chi connectivity index (χ3v) is 4.40. The maximum atomic E-state index is 12.6. The van der Waals surface area contributed by atoms with Gasteiger partial charge in [0.15, 0.2) is 11.0 Å².